The van der Waals surface area contributed by atoms with Gasteiger partial charge in [0, 0.05) is 17.8 Å². The van der Waals surface area contributed by atoms with E-state index in [1.807, 2.05) is 0 Å². The monoisotopic (exact) mass is 307 g/mol. The van der Waals surface area contributed by atoms with Crippen LogP contribution in [0.4, 0.5) is 11.4 Å². The Hall–Kier alpha value is -2.48. The molecule has 1 amide bonds. The zero-order chi connectivity index (χ0) is 16.1. The van der Waals surface area contributed by atoms with E-state index in [-0.39, 0.29) is 29.4 Å². The first-order valence-corrected chi connectivity index (χ1v) is 6.88. The van der Waals surface area contributed by atoms with Crippen molar-refractivity contribution in [2.45, 2.75) is 12.8 Å². The van der Waals surface area contributed by atoms with Crippen molar-refractivity contribution >= 4 is 23.3 Å². The molecule has 0 spiro atoms. The molecule has 0 unspecified atom stereocenters. The number of ether oxygens (including phenoxy) is 1. The van der Waals surface area contributed by atoms with E-state index in [1.165, 1.54) is 32.1 Å². The Morgan fingerprint density at radius 2 is 2.09 bits per heavy atom. The summed E-state index contributed by atoms with van der Waals surface area (Å²) >= 11 is 0. The molecule has 0 saturated heterocycles. The number of non-ortho nitro benzene ring substituents is 1. The largest absolute Gasteiger partial charge is 0.465 e. The van der Waals surface area contributed by atoms with Crippen LogP contribution in [-0.4, -0.2) is 37.0 Å². The number of anilines is 1. The third-order valence-corrected chi connectivity index (χ3v) is 3.25. The number of nitrogens with one attached hydrogen (secondary N) is 2. The molecule has 1 aromatic rings. The van der Waals surface area contributed by atoms with Gasteiger partial charge >= 0.3 is 5.97 Å². The van der Waals surface area contributed by atoms with Crippen LogP contribution in [0, 0.1) is 16.0 Å². The average Bonchev–Trinajstić information content (AvgIpc) is 3.30. The Balaban J connectivity index is 2.03. The predicted octanol–water partition coefficient (Wildman–Crippen LogP) is 1.32. The minimum atomic E-state index is -0.703. The highest BCUT2D eigenvalue weighted by atomic mass is 16.6. The first-order chi connectivity index (χ1) is 10.5. The van der Waals surface area contributed by atoms with Crippen molar-refractivity contribution in [3.63, 3.8) is 0 Å². The molecule has 0 heterocycles. The fraction of sp³-hybridized carbons (Fsp3) is 0.429. The number of nitro groups is 1. The van der Waals surface area contributed by atoms with Crippen LogP contribution in [0.15, 0.2) is 18.2 Å². The maximum Gasteiger partial charge on any atom is 0.338 e. The van der Waals surface area contributed by atoms with Gasteiger partial charge in [0.15, 0.2) is 0 Å². The zero-order valence-electron chi connectivity index (χ0n) is 12.1. The summed E-state index contributed by atoms with van der Waals surface area (Å²) in [7, 11) is 1.18. The molecular formula is C14H17N3O5. The number of hydrogen-bond acceptors (Lipinski definition) is 6. The molecule has 0 aromatic heterocycles. The number of carbonyl (C=O) groups excluding carboxylic acids is 2. The molecular weight excluding hydrogens is 290 g/mol. The number of hydrogen-bond donors (Lipinski definition) is 2. The standard InChI is InChI=1S/C14H17N3O5/c1-22-14(19)10-4-11(6-12(5-10)17(20)21)16-13(18)8-15-7-9-2-3-9/h4-6,9,15H,2-3,7-8H2,1H3,(H,16,18). The molecule has 1 aliphatic carbocycles. The lowest BCUT2D eigenvalue weighted by Crippen LogP contribution is -2.29. The minimum absolute atomic E-state index is 0.0120. The van der Waals surface area contributed by atoms with Crippen molar-refractivity contribution in [1.82, 2.24) is 5.32 Å². The Labute approximate surface area is 127 Å². The van der Waals surface area contributed by atoms with Crippen molar-refractivity contribution in [2.24, 2.45) is 5.92 Å². The van der Waals surface area contributed by atoms with Gasteiger partial charge in [-0.3, -0.25) is 14.9 Å². The topological polar surface area (TPSA) is 111 Å². The molecule has 8 nitrogen and oxygen atoms in total. The highest BCUT2D eigenvalue weighted by molar-refractivity contribution is 5.96. The van der Waals surface area contributed by atoms with Gasteiger partial charge in [0.25, 0.3) is 5.69 Å². The summed E-state index contributed by atoms with van der Waals surface area (Å²) < 4.78 is 4.54. The van der Waals surface area contributed by atoms with Crippen LogP contribution in [0.3, 0.4) is 0 Å². The molecule has 1 aromatic carbocycles. The molecule has 1 fully saturated rings. The van der Waals surface area contributed by atoms with Gasteiger partial charge in [-0.1, -0.05) is 0 Å². The summed E-state index contributed by atoms with van der Waals surface area (Å²) in [5, 5.41) is 16.4. The lowest BCUT2D eigenvalue weighted by Gasteiger charge is -2.08. The Kier molecular flexibility index (Phi) is 5.05. The maximum atomic E-state index is 11.8. The number of nitrogens with zero attached hydrogens (tertiary/aromatic N) is 1. The third kappa shape index (κ3) is 4.52. The smallest absolute Gasteiger partial charge is 0.338 e. The van der Waals surface area contributed by atoms with E-state index in [0.717, 1.165) is 12.6 Å². The van der Waals surface area contributed by atoms with Gasteiger partial charge in [-0.25, -0.2) is 4.79 Å². The van der Waals surface area contributed by atoms with Crippen LogP contribution < -0.4 is 10.6 Å². The summed E-state index contributed by atoms with van der Waals surface area (Å²) in [4.78, 5) is 33.5. The van der Waals surface area contributed by atoms with Gasteiger partial charge in [0.2, 0.25) is 5.91 Å². The van der Waals surface area contributed by atoms with Crippen molar-refractivity contribution in [3.8, 4) is 0 Å². The number of esters is 1. The number of rotatable bonds is 7. The number of benzene rings is 1. The summed E-state index contributed by atoms with van der Waals surface area (Å²) in [5.41, 5.74) is -0.0881. The van der Waals surface area contributed by atoms with Crippen molar-refractivity contribution in [2.75, 3.05) is 25.5 Å². The average molecular weight is 307 g/mol. The third-order valence-electron chi connectivity index (χ3n) is 3.25. The predicted molar refractivity (Wildman–Crippen MR) is 78.7 cm³/mol. The number of nitro benzene ring substituents is 1. The molecule has 118 valence electrons. The number of methoxy groups -OCH3 is 1. The highest BCUT2D eigenvalue weighted by Crippen LogP contribution is 2.27. The van der Waals surface area contributed by atoms with Crippen LogP contribution in [0.2, 0.25) is 0 Å². The summed E-state index contributed by atoms with van der Waals surface area (Å²) in [6, 6.07) is 3.65. The molecule has 8 heteroatoms. The first kappa shape index (κ1) is 15.9. The Morgan fingerprint density at radius 1 is 1.36 bits per heavy atom. The molecule has 2 rings (SSSR count). The molecule has 0 atom stereocenters. The summed E-state index contributed by atoms with van der Waals surface area (Å²) in [6.45, 7) is 0.905. The van der Waals surface area contributed by atoms with E-state index in [0.29, 0.717) is 5.92 Å². The normalized spacial score (nSPS) is 13.5. The van der Waals surface area contributed by atoms with Crippen molar-refractivity contribution in [1.29, 1.82) is 0 Å². The second-order valence-corrected chi connectivity index (χ2v) is 5.14. The molecule has 1 aliphatic rings. The zero-order valence-corrected chi connectivity index (χ0v) is 12.1. The van der Waals surface area contributed by atoms with E-state index in [1.54, 1.807) is 0 Å². The quantitative estimate of drug-likeness (QED) is 0.446. The maximum absolute atomic E-state index is 11.8. The molecule has 0 bridgehead atoms. The van der Waals surface area contributed by atoms with Crippen LogP contribution >= 0.6 is 0 Å². The summed E-state index contributed by atoms with van der Waals surface area (Å²) in [5.74, 6) is -0.375. The minimum Gasteiger partial charge on any atom is -0.465 e. The van der Waals surface area contributed by atoms with E-state index in [4.69, 9.17) is 0 Å². The van der Waals surface area contributed by atoms with Crippen molar-refractivity contribution < 1.29 is 19.2 Å². The van der Waals surface area contributed by atoms with Gasteiger partial charge < -0.3 is 15.4 Å². The van der Waals surface area contributed by atoms with Gasteiger partial charge in [-0.2, -0.15) is 0 Å². The first-order valence-electron chi connectivity index (χ1n) is 6.88. The fourth-order valence-electron chi connectivity index (χ4n) is 1.94. The lowest BCUT2D eigenvalue weighted by atomic mass is 10.1. The SMILES string of the molecule is COC(=O)c1cc(NC(=O)CNCC2CC2)cc([N+](=O)[O-])c1. The van der Waals surface area contributed by atoms with Crippen LogP contribution in [0.1, 0.15) is 23.2 Å². The summed E-state index contributed by atoms with van der Waals surface area (Å²) in [6.07, 6.45) is 2.37. The Morgan fingerprint density at radius 3 is 2.68 bits per heavy atom. The van der Waals surface area contributed by atoms with E-state index < -0.39 is 10.9 Å². The molecule has 0 radical (unpaired) electrons. The molecule has 22 heavy (non-hydrogen) atoms. The molecule has 1 saturated carbocycles. The Bertz CT molecular complexity index is 598. The van der Waals surface area contributed by atoms with Crippen molar-refractivity contribution in [3.05, 3.63) is 33.9 Å². The highest BCUT2D eigenvalue weighted by Gasteiger charge is 2.21. The van der Waals surface area contributed by atoms with E-state index in [2.05, 4.69) is 15.4 Å². The van der Waals surface area contributed by atoms with E-state index >= 15 is 0 Å². The van der Waals surface area contributed by atoms with Crippen LogP contribution in [0.5, 0.6) is 0 Å². The lowest BCUT2D eigenvalue weighted by molar-refractivity contribution is -0.384. The second kappa shape index (κ2) is 6.99. The van der Waals surface area contributed by atoms with Crippen LogP contribution in [0.25, 0.3) is 0 Å². The number of carbonyl (C=O) groups is 2. The van der Waals surface area contributed by atoms with Gasteiger partial charge in [-0.15, -0.1) is 0 Å². The molecule has 2 N–H and O–H groups in total. The second-order valence-electron chi connectivity index (χ2n) is 5.14. The van der Waals surface area contributed by atoms with Gasteiger partial charge in [-0.05, 0) is 31.4 Å². The van der Waals surface area contributed by atoms with Gasteiger partial charge in [0.05, 0.1) is 24.1 Å². The number of amides is 1. The van der Waals surface area contributed by atoms with Crippen LogP contribution in [-0.2, 0) is 9.53 Å². The van der Waals surface area contributed by atoms with E-state index in [9.17, 15) is 19.7 Å². The fourth-order valence-corrected chi connectivity index (χ4v) is 1.94. The van der Waals surface area contributed by atoms with Gasteiger partial charge in [0.1, 0.15) is 0 Å². The molecule has 0 aliphatic heterocycles.